The highest BCUT2D eigenvalue weighted by Gasteiger charge is 2.12. The van der Waals surface area contributed by atoms with Crippen molar-refractivity contribution in [3.63, 3.8) is 0 Å². The Kier molecular flexibility index (Phi) is 4.73. The van der Waals surface area contributed by atoms with E-state index in [9.17, 15) is 4.39 Å². The van der Waals surface area contributed by atoms with Gasteiger partial charge < -0.3 is 10.6 Å². The average Bonchev–Trinajstić information content (AvgIpc) is 2.40. The number of thiocarbonyl (C=S) groups is 1. The van der Waals surface area contributed by atoms with Gasteiger partial charge >= 0.3 is 0 Å². The molecule has 0 aromatic heterocycles. The molecule has 0 unspecified atom stereocenters. The second kappa shape index (κ2) is 6.33. The predicted octanol–water partition coefficient (Wildman–Crippen LogP) is 3.86. The molecule has 0 atom stereocenters. The first kappa shape index (κ1) is 14.9. The summed E-state index contributed by atoms with van der Waals surface area (Å²) in [5.74, 6) is -0.216. The van der Waals surface area contributed by atoms with Crippen LogP contribution in [0.4, 0.5) is 10.1 Å². The van der Waals surface area contributed by atoms with E-state index in [2.05, 4.69) is 15.9 Å². The van der Waals surface area contributed by atoms with E-state index in [0.29, 0.717) is 17.1 Å². The zero-order valence-electron chi connectivity index (χ0n) is 10.9. The average molecular weight is 353 g/mol. The number of hydrogen-bond acceptors (Lipinski definition) is 2. The topological polar surface area (TPSA) is 29.3 Å². The molecule has 2 nitrogen and oxygen atoms in total. The quantitative estimate of drug-likeness (QED) is 0.847. The minimum Gasteiger partial charge on any atom is -0.389 e. The molecule has 0 bridgehead atoms. The Morgan fingerprint density at radius 1 is 1.30 bits per heavy atom. The summed E-state index contributed by atoms with van der Waals surface area (Å²) in [6, 6.07) is 12.4. The van der Waals surface area contributed by atoms with E-state index in [0.717, 1.165) is 15.7 Å². The molecule has 0 spiro atoms. The van der Waals surface area contributed by atoms with Gasteiger partial charge in [-0.2, -0.15) is 0 Å². The number of nitrogens with two attached hydrogens (primary N) is 1. The van der Waals surface area contributed by atoms with E-state index in [-0.39, 0.29) is 5.82 Å². The summed E-state index contributed by atoms with van der Waals surface area (Å²) in [7, 11) is 1.88. The summed E-state index contributed by atoms with van der Waals surface area (Å²) in [5, 5.41) is 0. The first-order valence-corrected chi connectivity index (χ1v) is 7.23. The van der Waals surface area contributed by atoms with Crippen LogP contribution >= 0.6 is 28.1 Å². The van der Waals surface area contributed by atoms with Gasteiger partial charge in [-0.15, -0.1) is 0 Å². The summed E-state index contributed by atoms with van der Waals surface area (Å²) < 4.78 is 14.6. The molecule has 2 N–H and O–H groups in total. The Balaban J connectivity index is 2.34. The van der Waals surface area contributed by atoms with Crippen LogP contribution in [0.3, 0.4) is 0 Å². The first-order chi connectivity index (χ1) is 9.49. The third-order valence-electron chi connectivity index (χ3n) is 3.00. The van der Waals surface area contributed by atoms with Gasteiger partial charge in [-0.1, -0.05) is 46.3 Å². The fraction of sp³-hybridized carbons (Fsp3) is 0.133. The molecular formula is C15H14BrFN2S. The lowest BCUT2D eigenvalue weighted by atomic mass is 10.1. The molecule has 0 saturated heterocycles. The monoisotopic (exact) mass is 352 g/mol. The minimum atomic E-state index is -0.216. The number of nitrogens with zero attached hydrogens (tertiary/aromatic N) is 1. The predicted molar refractivity (Wildman–Crippen MR) is 88.5 cm³/mol. The molecule has 2 aromatic rings. The SMILES string of the molecule is CN(Cc1ccccc1F)c1cc(Br)ccc1C(N)=S. The van der Waals surface area contributed by atoms with Crippen LogP contribution in [-0.4, -0.2) is 12.0 Å². The Morgan fingerprint density at radius 2 is 2.00 bits per heavy atom. The van der Waals surface area contributed by atoms with E-state index in [4.69, 9.17) is 18.0 Å². The van der Waals surface area contributed by atoms with Gasteiger partial charge in [0.1, 0.15) is 10.8 Å². The molecule has 2 rings (SSSR count). The Hall–Kier alpha value is -1.46. The van der Waals surface area contributed by atoms with Gasteiger partial charge in [0.15, 0.2) is 0 Å². The molecule has 104 valence electrons. The van der Waals surface area contributed by atoms with Crippen molar-refractivity contribution in [2.75, 3.05) is 11.9 Å². The zero-order chi connectivity index (χ0) is 14.7. The standard InChI is InChI=1S/C15H14BrFN2S/c1-19(9-10-4-2-3-5-13(10)17)14-8-11(16)6-7-12(14)15(18)20/h2-8H,9H2,1H3,(H2,18,20). The summed E-state index contributed by atoms with van der Waals surface area (Å²) in [5.41, 5.74) is 8.02. The number of halogens is 2. The van der Waals surface area contributed by atoms with Gasteiger partial charge in [-0.3, -0.25) is 0 Å². The van der Waals surface area contributed by atoms with Crippen LogP contribution in [0.15, 0.2) is 46.9 Å². The van der Waals surface area contributed by atoms with Gasteiger partial charge in [-0.05, 0) is 24.3 Å². The maximum Gasteiger partial charge on any atom is 0.128 e. The van der Waals surface area contributed by atoms with Gasteiger partial charge in [0.25, 0.3) is 0 Å². The van der Waals surface area contributed by atoms with Gasteiger partial charge in [0.2, 0.25) is 0 Å². The maximum atomic E-state index is 13.7. The second-order valence-corrected chi connectivity index (χ2v) is 5.83. The lowest BCUT2D eigenvalue weighted by molar-refractivity contribution is 0.608. The second-order valence-electron chi connectivity index (χ2n) is 4.47. The van der Waals surface area contributed by atoms with Gasteiger partial charge in [0, 0.05) is 34.9 Å². The number of benzene rings is 2. The van der Waals surface area contributed by atoms with Crippen LogP contribution in [0.25, 0.3) is 0 Å². The van der Waals surface area contributed by atoms with Crippen molar-refractivity contribution < 1.29 is 4.39 Å². The smallest absolute Gasteiger partial charge is 0.128 e. The summed E-state index contributed by atoms with van der Waals surface area (Å²) >= 11 is 8.49. The van der Waals surface area contributed by atoms with E-state index in [1.165, 1.54) is 6.07 Å². The molecule has 0 fully saturated rings. The van der Waals surface area contributed by atoms with Crippen molar-refractivity contribution in [2.45, 2.75) is 6.54 Å². The first-order valence-electron chi connectivity index (χ1n) is 6.03. The molecule has 20 heavy (non-hydrogen) atoms. The molecule has 0 saturated carbocycles. The molecular weight excluding hydrogens is 339 g/mol. The fourth-order valence-corrected chi connectivity index (χ4v) is 2.52. The van der Waals surface area contributed by atoms with E-state index in [1.54, 1.807) is 12.1 Å². The normalized spacial score (nSPS) is 10.3. The molecule has 0 amide bonds. The summed E-state index contributed by atoms with van der Waals surface area (Å²) in [6.07, 6.45) is 0. The van der Waals surface area contributed by atoms with Crippen LogP contribution < -0.4 is 10.6 Å². The van der Waals surface area contributed by atoms with Crippen molar-refractivity contribution >= 4 is 38.8 Å². The van der Waals surface area contributed by atoms with Crippen LogP contribution in [0.1, 0.15) is 11.1 Å². The Labute approximate surface area is 131 Å². The molecule has 0 heterocycles. The van der Waals surface area contributed by atoms with Crippen LogP contribution in [0.2, 0.25) is 0 Å². The zero-order valence-corrected chi connectivity index (χ0v) is 13.3. The van der Waals surface area contributed by atoms with E-state index in [1.807, 2.05) is 36.2 Å². The van der Waals surface area contributed by atoms with Gasteiger partial charge in [0.05, 0.1) is 0 Å². The van der Waals surface area contributed by atoms with Crippen LogP contribution in [0.5, 0.6) is 0 Å². The number of rotatable bonds is 4. The minimum absolute atomic E-state index is 0.216. The van der Waals surface area contributed by atoms with Gasteiger partial charge in [-0.25, -0.2) is 4.39 Å². The lowest BCUT2D eigenvalue weighted by Gasteiger charge is -2.23. The molecule has 0 radical (unpaired) electrons. The highest BCUT2D eigenvalue weighted by atomic mass is 79.9. The third kappa shape index (κ3) is 3.35. The lowest BCUT2D eigenvalue weighted by Crippen LogP contribution is -2.22. The molecule has 0 aliphatic heterocycles. The molecule has 0 aliphatic rings. The third-order valence-corrected chi connectivity index (χ3v) is 3.72. The highest BCUT2D eigenvalue weighted by Crippen LogP contribution is 2.26. The van der Waals surface area contributed by atoms with E-state index >= 15 is 0 Å². The fourth-order valence-electron chi connectivity index (χ4n) is 2.00. The van der Waals surface area contributed by atoms with Crippen molar-refractivity contribution in [3.8, 4) is 0 Å². The Bertz CT molecular complexity index is 646. The van der Waals surface area contributed by atoms with Crippen molar-refractivity contribution in [1.82, 2.24) is 0 Å². The number of hydrogen-bond donors (Lipinski definition) is 1. The van der Waals surface area contributed by atoms with Crippen LogP contribution in [0, 0.1) is 5.82 Å². The Morgan fingerprint density at radius 3 is 2.65 bits per heavy atom. The van der Waals surface area contributed by atoms with E-state index < -0.39 is 0 Å². The highest BCUT2D eigenvalue weighted by molar-refractivity contribution is 9.10. The molecule has 2 aromatic carbocycles. The largest absolute Gasteiger partial charge is 0.389 e. The van der Waals surface area contributed by atoms with Crippen LogP contribution in [-0.2, 0) is 6.54 Å². The summed E-state index contributed by atoms with van der Waals surface area (Å²) in [4.78, 5) is 2.25. The van der Waals surface area contributed by atoms with Crippen molar-refractivity contribution in [1.29, 1.82) is 0 Å². The molecule has 5 heteroatoms. The maximum absolute atomic E-state index is 13.7. The number of anilines is 1. The summed E-state index contributed by atoms with van der Waals surface area (Å²) in [6.45, 7) is 0.443. The van der Waals surface area contributed by atoms with Crippen molar-refractivity contribution in [3.05, 3.63) is 63.9 Å². The van der Waals surface area contributed by atoms with Crippen molar-refractivity contribution in [2.24, 2.45) is 5.73 Å². The molecule has 0 aliphatic carbocycles.